The van der Waals surface area contributed by atoms with E-state index in [2.05, 4.69) is 9.88 Å². The maximum absolute atomic E-state index is 10.8. The highest BCUT2D eigenvalue weighted by Gasteiger charge is 2.14. The van der Waals surface area contributed by atoms with Crippen molar-refractivity contribution in [2.45, 2.75) is 26.2 Å². The van der Waals surface area contributed by atoms with Crippen molar-refractivity contribution in [2.24, 2.45) is 5.92 Å². The van der Waals surface area contributed by atoms with E-state index in [1.807, 2.05) is 12.1 Å². The third kappa shape index (κ3) is 2.96. The van der Waals surface area contributed by atoms with Gasteiger partial charge >= 0.3 is 5.97 Å². The lowest BCUT2D eigenvalue weighted by atomic mass is 10.0. The van der Waals surface area contributed by atoms with Gasteiger partial charge in [-0.05, 0) is 30.9 Å². The SMILES string of the molecule is CC(Cc1ccc(N2CCCC2)nc1)C(=O)O. The number of carbonyl (C=O) groups is 1. The average molecular weight is 234 g/mol. The van der Waals surface area contributed by atoms with Gasteiger partial charge in [-0.3, -0.25) is 4.79 Å². The number of aromatic nitrogens is 1. The molecule has 4 heteroatoms. The zero-order chi connectivity index (χ0) is 12.3. The van der Waals surface area contributed by atoms with Gasteiger partial charge < -0.3 is 10.0 Å². The molecule has 0 bridgehead atoms. The first kappa shape index (κ1) is 11.9. The molecule has 4 nitrogen and oxygen atoms in total. The van der Waals surface area contributed by atoms with Crippen LogP contribution in [0.5, 0.6) is 0 Å². The highest BCUT2D eigenvalue weighted by molar-refractivity contribution is 5.69. The van der Waals surface area contributed by atoms with Crippen LogP contribution in [0, 0.1) is 5.92 Å². The minimum Gasteiger partial charge on any atom is -0.481 e. The molecule has 1 fully saturated rings. The maximum Gasteiger partial charge on any atom is 0.306 e. The number of carboxylic acid groups (broad SMARTS) is 1. The molecule has 17 heavy (non-hydrogen) atoms. The molecule has 2 heterocycles. The van der Waals surface area contributed by atoms with Crippen LogP contribution in [0.15, 0.2) is 18.3 Å². The first-order chi connectivity index (χ1) is 8.16. The average Bonchev–Trinajstić information content (AvgIpc) is 2.83. The third-order valence-corrected chi connectivity index (χ3v) is 3.20. The summed E-state index contributed by atoms with van der Waals surface area (Å²) in [6.07, 6.45) is 4.81. The summed E-state index contributed by atoms with van der Waals surface area (Å²) in [4.78, 5) is 17.4. The molecule has 1 atom stereocenters. The van der Waals surface area contributed by atoms with E-state index in [0.717, 1.165) is 24.5 Å². The molecule has 1 aliphatic rings. The van der Waals surface area contributed by atoms with E-state index in [1.165, 1.54) is 12.8 Å². The van der Waals surface area contributed by atoms with Gasteiger partial charge in [-0.1, -0.05) is 13.0 Å². The smallest absolute Gasteiger partial charge is 0.306 e. The van der Waals surface area contributed by atoms with Gasteiger partial charge in [-0.15, -0.1) is 0 Å². The molecular weight excluding hydrogens is 216 g/mol. The topological polar surface area (TPSA) is 53.4 Å². The van der Waals surface area contributed by atoms with Gasteiger partial charge in [-0.25, -0.2) is 4.98 Å². The first-order valence-corrected chi connectivity index (χ1v) is 6.09. The van der Waals surface area contributed by atoms with Crippen LogP contribution >= 0.6 is 0 Å². The lowest BCUT2D eigenvalue weighted by Crippen LogP contribution is -2.19. The molecule has 1 N–H and O–H groups in total. The van der Waals surface area contributed by atoms with Gasteiger partial charge in [0.1, 0.15) is 5.82 Å². The molecular formula is C13H18N2O2. The maximum atomic E-state index is 10.8. The van der Waals surface area contributed by atoms with Crippen molar-refractivity contribution in [1.82, 2.24) is 4.98 Å². The molecule has 2 rings (SSSR count). The third-order valence-electron chi connectivity index (χ3n) is 3.20. The molecule has 1 aliphatic heterocycles. The number of carboxylic acids is 1. The van der Waals surface area contributed by atoms with Crippen molar-refractivity contribution in [3.05, 3.63) is 23.9 Å². The summed E-state index contributed by atoms with van der Waals surface area (Å²) in [5, 5.41) is 8.84. The number of pyridine rings is 1. The van der Waals surface area contributed by atoms with Crippen LogP contribution in [0.4, 0.5) is 5.82 Å². The van der Waals surface area contributed by atoms with Crippen LogP contribution in [0.3, 0.4) is 0 Å². The Morgan fingerprint density at radius 1 is 1.47 bits per heavy atom. The van der Waals surface area contributed by atoms with E-state index >= 15 is 0 Å². The monoisotopic (exact) mass is 234 g/mol. The van der Waals surface area contributed by atoms with Crippen molar-refractivity contribution in [1.29, 1.82) is 0 Å². The number of aliphatic carboxylic acids is 1. The number of nitrogens with zero attached hydrogens (tertiary/aromatic N) is 2. The quantitative estimate of drug-likeness (QED) is 0.865. The lowest BCUT2D eigenvalue weighted by Gasteiger charge is -2.16. The van der Waals surface area contributed by atoms with Gasteiger partial charge in [0.05, 0.1) is 5.92 Å². The van der Waals surface area contributed by atoms with Crippen LogP contribution < -0.4 is 4.90 Å². The molecule has 92 valence electrons. The molecule has 0 amide bonds. The highest BCUT2D eigenvalue weighted by atomic mass is 16.4. The van der Waals surface area contributed by atoms with E-state index in [9.17, 15) is 4.79 Å². The van der Waals surface area contributed by atoms with Crippen molar-refractivity contribution in [3.63, 3.8) is 0 Å². The van der Waals surface area contributed by atoms with Crippen LogP contribution in [0.2, 0.25) is 0 Å². The molecule has 0 spiro atoms. The molecule has 1 aromatic rings. The Kier molecular flexibility index (Phi) is 3.61. The molecule has 0 saturated carbocycles. The number of hydrogen-bond acceptors (Lipinski definition) is 3. The summed E-state index contributed by atoms with van der Waals surface area (Å²) < 4.78 is 0. The summed E-state index contributed by atoms with van der Waals surface area (Å²) in [5.41, 5.74) is 0.989. The fourth-order valence-electron chi connectivity index (χ4n) is 2.11. The summed E-state index contributed by atoms with van der Waals surface area (Å²) in [7, 11) is 0. The number of anilines is 1. The second kappa shape index (κ2) is 5.17. The lowest BCUT2D eigenvalue weighted by molar-refractivity contribution is -0.141. The Hall–Kier alpha value is -1.58. The standard InChI is InChI=1S/C13H18N2O2/c1-10(13(16)17)8-11-4-5-12(14-9-11)15-6-2-3-7-15/h4-5,9-10H,2-3,6-8H2,1H3,(H,16,17). The van der Waals surface area contributed by atoms with Crippen LogP contribution in [0.25, 0.3) is 0 Å². The summed E-state index contributed by atoms with van der Waals surface area (Å²) in [5.74, 6) is -0.0997. The Morgan fingerprint density at radius 3 is 2.71 bits per heavy atom. The Labute approximate surface area is 101 Å². The van der Waals surface area contributed by atoms with Gasteiger partial charge in [0.15, 0.2) is 0 Å². The molecule has 0 aromatic carbocycles. The van der Waals surface area contributed by atoms with Crippen molar-refractivity contribution >= 4 is 11.8 Å². The first-order valence-electron chi connectivity index (χ1n) is 6.09. The predicted molar refractivity (Wildman–Crippen MR) is 66.2 cm³/mol. The summed E-state index contributed by atoms with van der Waals surface area (Å²) >= 11 is 0. The Bertz CT molecular complexity index is 383. The Balaban J connectivity index is 2.00. The van der Waals surface area contributed by atoms with Gasteiger partial charge in [0.2, 0.25) is 0 Å². The van der Waals surface area contributed by atoms with E-state index < -0.39 is 5.97 Å². The van der Waals surface area contributed by atoms with E-state index in [-0.39, 0.29) is 5.92 Å². The van der Waals surface area contributed by atoms with Gasteiger partial charge in [0, 0.05) is 19.3 Å². The van der Waals surface area contributed by atoms with Crippen molar-refractivity contribution in [2.75, 3.05) is 18.0 Å². The van der Waals surface area contributed by atoms with Crippen molar-refractivity contribution < 1.29 is 9.90 Å². The fourth-order valence-corrected chi connectivity index (χ4v) is 2.11. The fraction of sp³-hybridized carbons (Fsp3) is 0.538. The number of rotatable bonds is 4. The van der Waals surface area contributed by atoms with Crippen molar-refractivity contribution in [3.8, 4) is 0 Å². The highest BCUT2D eigenvalue weighted by Crippen LogP contribution is 2.18. The zero-order valence-corrected chi connectivity index (χ0v) is 10.1. The zero-order valence-electron chi connectivity index (χ0n) is 10.1. The van der Waals surface area contributed by atoms with Crippen LogP contribution in [-0.4, -0.2) is 29.1 Å². The number of hydrogen-bond donors (Lipinski definition) is 1. The van der Waals surface area contributed by atoms with E-state index in [4.69, 9.17) is 5.11 Å². The predicted octanol–water partition coefficient (Wildman–Crippen LogP) is 1.94. The molecule has 0 radical (unpaired) electrons. The summed E-state index contributed by atoms with van der Waals surface area (Å²) in [6.45, 7) is 3.88. The van der Waals surface area contributed by atoms with Gasteiger partial charge in [0.25, 0.3) is 0 Å². The molecule has 1 saturated heterocycles. The normalized spacial score (nSPS) is 17.1. The van der Waals surface area contributed by atoms with E-state index in [1.54, 1.807) is 13.1 Å². The van der Waals surface area contributed by atoms with Crippen LogP contribution in [-0.2, 0) is 11.2 Å². The minimum absolute atomic E-state index is 0.352. The molecule has 0 aliphatic carbocycles. The minimum atomic E-state index is -0.756. The Morgan fingerprint density at radius 2 is 2.18 bits per heavy atom. The largest absolute Gasteiger partial charge is 0.481 e. The molecule has 1 unspecified atom stereocenters. The van der Waals surface area contributed by atoms with Crippen LogP contribution in [0.1, 0.15) is 25.3 Å². The summed E-state index contributed by atoms with van der Waals surface area (Å²) in [6, 6.07) is 3.98. The molecule has 1 aromatic heterocycles. The second-order valence-electron chi connectivity index (χ2n) is 4.66. The van der Waals surface area contributed by atoms with Gasteiger partial charge in [-0.2, -0.15) is 0 Å². The second-order valence-corrected chi connectivity index (χ2v) is 4.66. The van der Waals surface area contributed by atoms with E-state index in [0.29, 0.717) is 6.42 Å².